The van der Waals surface area contributed by atoms with Crippen LogP contribution in [0, 0.1) is 0 Å². The molecule has 0 bridgehead atoms. The molecule has 49 heavy (non-hydrogen) atoms. The van der Waals surface area contributed by atoms with Gasteiger partial charge in [-0.15, -0.1) is 22.7 Å². The van der Waals surface area contributed by atoms with Gasteiger partial charge in [0.1, 0.15) is 0 Å². The zero-order valence-electron chi connectivity index (χ0n) is 26.1. The van der Waals surface area contributed by atoms with Gasteiger partial charge in [0.25, 0.3) is 0 Å². The maximum atomic E-state index is 5.42. The average Bonchev–Trinajstić information content (AvgIpc) is 3.84. The van der Waals surface area contributed by atoms with Crippen LogP contribution in [-0.4, -0.2) is 14.5 Å². The number of hydrogen-bond donors (Lipinski definition) is 0. The molecular formula is C44H25N3S2. The van der Waals surface area contributed by atoms with Crippen LogP contribution in [0.5, 0.6) is 0 Å². The molecule has 0 aliphatic carbocycles. The van der Waals surface area contributed by atoms with Gasteiger partial charge in [0.15, 0.2) is 0 Å². The molecule has 4 aromatic heterocycles. The largest absolute Gasteiger partial charge is 0.278 e. The molecule has 0 unspecified atom stereocenters. The van der Waals surface area contributed by atoms with Crippen LogP contribution in [0.3, 0.4) is 0 Å². The first-order valence-corrected chi connectivity index (χ1v) is 18.1. The Bertz CT molecular complexity index is 2970. The van der Waals surface area contributed by atoms with E-state index in [1.807, 2.05) is 22.7 Å². The molecule has 7 aromatic carbocycles. The van der Waals surface area contributed by atoms with Gasteiger partial charge in [0, 0.05) is 62.1 Å². The molecule has 11 rings (SSSR count). The van der Waals surface area contributed by atoms with Crippen LogP contribution < -0.4 is 0 Å². The van der Waals surface area contributed by atoms with E-state index in [4.69, 9.17) is 9.97 Å². The fraction of sp³-hybridized carbons (Fsp3) is 0. The summed E-state index contributed by atoms with van der Waals surface area (Å²) in [6.07, 6.45) is 0. The third kappa shape index (κ3) is 3.94. The highest BCUT2D eigenvalue weighted by molar-refractivity contribution is 7.28. The maximum absolute atomic E-state index is 5.42. The number of para-hydroxylation sites is 1. The van der Waals surface area contributed by atoms with Gasteiger partial charge < -0.3 is 0 Å². The number of aromatic nitrogens is 3. The van der Waals surface area contributed by atoms with Gasteiger partial charge in [-0.1, -0.05) is 121 Å². The van der Waals surface area contributed by atoms with Crippen LogP contribution in [0.1, 0.15) is 0 Å². The number of fused-ring (bicyclic) bond motifs is 12. The van der Waals surface area contributed by atoms with E-state index >= 15 is 0 Å². The van der Waals surface area contributed by atoms with E-state index in [1.54, 1.807) is 0 Å². The van der Waals surface area contributed by atoms with Crippen molar-refractivity contribution in [3.8, 4) is 28.3 Å². The Labute approximate surface area is 289 Å². The van der Waals surface area contributed by atoms with Crippen molar-refractivity contribution in [1.82, 2.24) is 14.5 Å². The van der Waals surface area contributed by atoms with Crippen LogP contribution in [0.25, 0.3) is 101 Å². The summed E-state index contributed by atoms with van der Waals surface area (Å²) in [6.45, 7) is 0. The van der Waals surface area contributed by atoms with Crippen molar-refractivity contribution < 1.29 is 0 Å². The van der Waals surface area contributed by atoms with E-state index in [-0.39, 0.29) is 0 Å². The Morgan fingerprint density at radius 2 is 0.898 bits per heavy atom. The topological polar surface area (TPSA) is 30.7 Å². The van der Waals surface area contributed by atoms with E-state index in [0.29, 0.717) is 5.95 Å². The molecule has 228 valence electrons. The number of thiophene rings is 2. The van der Waals surface area contributed by atoms with Crippen molar-refractivity contribution in [3.05, 3.63) is 152 Å². The quantitative estimate of drug-likeness (QED) is 0.189. The smallest absolute Gasteiger partial charge is 0.235 e. The number of rotatable bonds is 3. The van der Waals surface area contributed by atoms with E-state index in [0.717, 1.165) is 33.2 Å². The van der Waals surface area contributed by atoms with Crippen molar-refractivity contribution in [2.45, 2.75) is 0 Å². The number of hydrogen-bond acceptors (Lipinski definition) is 4. The molecule has 0 N–H and O–H groups in total. The molecule has 0 saturated carbocycles. The Hall–Kier alpha value is -5.88. The predicted molar refractivity (Wildman–Crippen MR) is 211 cm³/mol. The third-order valence-electron chi connectivity index (χ3n) is 9.84. The molecule has 3 nitrogen and oxygen atoms in total. The van der Waals surface area contributed by atoms with Crippen LogP contribution in [0.4, 0.5) is 0 Å². The monoisotopic (exact) mass is 659 g/mol. The van der Waals surface area contributed by atoms with Crippen molar-refractivity contribution in [1.29, 1.82) is 0 Å². The SMILES string of the molecule is c1ccc(-c2ccc(-c3nc(-n4c5ccc6c7ccccc7sc6c5c5c6sc7ccccc7c6ccc54)nc4ccccc34)cc2)cc1. The minimum atomic E-state index is 0.682. The van der Waals surface area contributed by atoms with Gasteiger partial charge >= 0.3 is 0 Å². The molecule has 0 spiro atoms. The van der Waals surface area contributed by atoms with Crippen LogP contribution in [0.2, 0.25) is 0 Å². The summed E-state index contributed by atoms with van der Waals surface area (Å²) < 4.78 is 7.53. The molecule has 5 heteroatoms. The summed E-state index contributed by atoms with van der Waals surface area (Å²) in [5.74, 6) is 0.682. The molecular weight excluding hydrogens is 635 g/mol. The van der Waals surface area contributed by atoms with Gasteiger partial charge in [-0.05, 0) is 41.5 Å². The second-order valence-electron chi connectivity index (χ2n) is 12.5. The van der Waals surface area contributed by atoms with E-state index < -0.39 is 0 Å². The predicted octanol–water partition coefficient (Wildman–Crippen LogP) is 12.8. The molecule has 0 atom stereocenters. The van der Waals surface area contributed by atoms with Crippen LogP contribution >= 0.6 is 22.7 Å². The van der Waals surface area contributed by atoms with Crippen LogP contribution in [0.15, 0.2) is 152 Å². The normalized spacial score (nSPS) is 12.1. The first-order valence-electron chi connectivity index (χ1n) is 16.4. The summed E-state index contributed by atoms with van der Waals surface area (Å²) in [4.78, 5) is 10.7. The van der Waals surface area contributed by atoms with Gasteiger partial charge in [0.05, 0.1) is 22.2 Å². The zero-order valence-corrected chi connectivity index (χ0v) is 27.7. The van der Waals surface area contributed by atoms with Crippen molar-refractivity contribution in [3.63, 3.8) is 0 Å². The summed E-state index contributed by atoms with van der Waals surface area (Å²) >= 11 is 3.76. The first kappa shape index (κ1) is 27.1. The minimum Gasteiger partial charge on any atom is -0.278 e. The van der Waals surface area contributed by atoms with Crippen LogP contribution in [-0.2, 0) is 0 Å². The molecule has 4 heterocycles. The lowest BCUT2D eigenvalue weighted by Gasteiger charge is -2.12. The van der Waals surface area contributed by atoms with Crippen molar-refractivity contribution >= 4 is 95.7 Å². The lowest BCUT2D eigenvalue weighted by atomic mass is 10.0. The zero-order chi connectivity index (χ0) is 32.1. The number of benzene rings is 7. The molecule has 0 radical (unpaired) electrons. The second-order valence-corrected chi connectivity index (χ2v) is 14.6. The molecule has 0 fully saturated rings. The standard InChI is InChI=1S/C44H25N3S2/c1-2-10-26(11-3-1)27-18-20-28(21-19-27)41-33-14-4-7-15-34(33)45-44(46-41)47-35-24-22-31-29-12-5-8-16-37(29)48-42(31)39(35)40-36(47)25-23-32-30-13-6-9-17-38(30)49-43(32)40/h1-25H. The van der Waals surface area contributed by atoms with Gasteiger partial charge in [-0.2, -0.15) is 0 Å². The first-order chi connectivity index (χ1) is 24.3. The highest BCUT2D eigenvalue weighted by Crippen LogP contribution is 2.48. The third-order valence-corrected chi connectivity index (χ3v) is 12.2. The Balaban J connectivity index is 1.24. The fourth-order valence-electron chi connectivity index (χ4n) is 7.59. The average molecular weight is 660 g/mol. The maximum Gasteiger partial charge on any atom is 0.235 e. The Morgan fingerprint density at radius 1 is 0.388 bits per heavy atom. The van der Waals surface area contributed by atoms with Crippen molar-refractivity contribution in [2.75, 3.05) is 0 Å². The molecule has 11 aromatic rings. The lowest BCUT2D eigenvalue weighted by Crippen LogP contribution is -2.03. The highest BCUT2D eigenvalue weighted by Gasteiger charge is 2.23. The summed E-state index contributed by atoms with van der Waals surface area (Å²) in [5.41, 5.74) is 7.56. The second kappa shape index (κ2) is 10.3. The van der Waals surface area contributed by atoms with Gasteiger partial charge in [-0.3, -0.25) is 4.57 Å². The van der Waals surface area contributed by atoms with Crippen molar-refractivity contribution in [2.24, 2.45) is 0 Å². The van der Waals surface area contributed by atoms with E-state index in [1.165, 1.54) is 62.2 Å². The molecule has 0 amide bonds. The van der Waals surface area contributed by atoms with E-state index in [9.17, 15) is 0 Å². The Morgan fingerprint density at radius 3 is 1.53 bits per heavy atom. The minimum absolute atomic E-state index is 0.682. The molecule has 0 aliphatic rings. The summed E-state index contributed by atoms with van der Waals surface area (Å²) in [5, 5.41) is 8.79. The fourth-order valence-corrected chi connectivity index (χ4v) is 10.1. The Kier molecular flexibility index (Phi) is 5.70. The molecule has 0 aliphatic heterocycles. The highest BCUT2D eigenvalue weighted by atomic mass is 32.1. The van der Waals surface area contributed by atoms with Gasteiger partial charge in [0.2, 0.25) is 5.95 Å². The lowest BCUT2D eigenvalue weighted by molar-refractivity contribution is 1.01. The molecule has 0 saturated heterocycles. The van der Waals surface area contributed by atoms with E-state index in [2.05, 4.69) is 156 Å². The van der Waals surface area contributed by atoms with Gasteiger partial charge in [-0.25, -0.2) is 9.97 Å². The summed E-state index contributed by atoms with van der Waals surface area (Å²) in [6, 6.07) is 54.3. The summed E-state index contributed by atoms with van der Waals surface area (Å²) in [7, 11) is 0. The number of nitrogens with zero attached hydrogens (tertiary/aromatic N) is 3.